The summed E-state index contributed by atoms with van der Waals surface area (Å²) < 4.78 is 0. The average Bonchev–Trinajstić information content (AvgIpc) is 3.03. The molecule has 2 N–H and O–H groups in total. The molecule has 112 valence electrons. The van der Waals surface area contributed by atoms with Crippen LogP contribution in [0.2, 0.25) is 0 Å². The Morgan fingerprint density at radius 2 is 1.95 bits per heavy atom. The molecule has 0 bridgehead atoms. The van der Waals surface area contributed by atoms with E-state index in [1.807, 2.05) is 12.1 Å². The molecule has 3 heteroatoms. The van der Waals surface area contributed by atoms with Crippen LogP contribution in [0.3, 0.4) is 0 Å². The molecule has 2 fully saturated rings. The second-order valence-corrected chi connectivity index (χ2v) is 6.24. The van der Waals surface area contributed by atoms with Crippen LogP contribution in [0, 0.1) is 23.7 Å². The minimum atomic E-state index is -0.0795. The van der Waals surface area contributed by atoms with E-state index in [0.717, 1.165) is 31.6 Å². The minimum Gasteiger partial charge on any atom is -0.395 e. The summed E-state index contributed by atoms with van der Waals surface area (Å²) in [5.41, 5.74) is 2.30. The monoisotopic (exact) mass is 285 g/mol. The predicted octanol–water partition coefficient (Wildman–Crippen LogP) is 1.62. The van der Waals surface area contributed by atoms with E-state index < -0.39 is 0 Å². The first-order valence-electron chi connectivity index (χ1n) is 7.85. The van der Waals surface area contributed by atoms with Crippen LogP contribution in [-0.2, 0) is 6.54 Å². The quantitative estimate of drug-likeness (QED) is 0.830. The standard InChI is InChI=1S/C18H23NO2/c20-10-2-1-3-14-4-6-15(7-5-14)11-19-12-16-8-9-18(21)17(16)13-19/h4-7,16-18,20-21H,2,8-13H2. The van der Waals surface area contributed by atoms with Crippen molar-refractivity contribution >= 4 is 0 Å². The largest absolute Gasteiger partial charge is 0.395 e. The number of aliphatic hydroxyl groups is 2. The molecule has 1 aromatic carbocycles. The van der Waals surface area contributed by atoms with Crippen LogP contribution in [0.4, 0.5) is 0 Å². The Morgan fingerprint density at radius 3 is 2.67 bits per heavy atom. The normalized spacial score (nSPS) is 28.2. The molecule has 3 unspecified atom stereocenters. The van der Waals surface area contributed by atoms with E-state index >= 15 is 0 Å². The molecule has 3 nitrogen and oxygen atoms in total. The van der Waals surface area contributed by atoms with E-state index in [1.165, 1.54) is 12.0 Å². The van der Waals surface area contributed by atoms with Gasteiger partial charge in [-0.15, -0.1) is 0 Å². The Bertz CT molecular complexity index is 528. The number of aliphatic hydroxyl groups excluding tert-OH is 2. The molecule has 21 heavy (non-hydrogen) atoms. The maximum Gasteiger partial charge on any atom is 0.0583 e. The van der Waals surface area contributed by atoms with E-state index in [4.69, 9.17) is 5.11 Å². The molecule has 2 aliphatic rings. The van der Waals surface area contributed by atoms with E-state index in [0.29, 0.717) is 18.3 Å². The highest BCUT2D eigenvalue weighted by Gasteiger charge is 2.41. The van der Waals surface area contributed by atoms with Crippen molar-refractivity contribution in [3.8, 4) is 11.8 Å². The van der Waals surface area contributed by atoms with E-state index in [1.54, 1.807) is 0 Å². The number of fused-ring (bicyclic) bond motifs is 1. The summed E-state index contributed by atoms with van der Waals surface area (Å²) in [7, 11) is 0. The van der Waals surface area contributed by atoms with Gasteiger partial charge in [0, 0.05) is 37.5 Å². The molecule has 0 amide bonds. The maximum absolute atomic E-state index is 9.96. The summed E-state index contributed by atoms with van der Waals surface area (Å²) in [4.78, 5) is 2.46. The molecule has 1 saturated carbocycles. The molecule has 0 radical (unpaired) electrons. The third kappa shape index (κ3) is 3.47. The number of benzene rings is 1. The van der Waals surface area contributed by atoms with Crippen molar-refractivity contribution in [1.29, 1.82) is 0 Å². The van der Waals surface area contributed by atoms with Crippen LogP contribution in [-0.4, -0.2) is 40.9 Å². The van der Waals surface area contributed by atoms with E-state index in [2.05, 4.69) is 28.9 Å². The first kappa shape index (κ1) is 14.6. The zero-order chi connectivity index (χ0) is 14.7. The van der Waals surface area contributed by atoms with Gasteiger partial charge < -0.3 is 10.2 Å². The molecule has 3 atom stereocenters. The zero-order valence-electron chi connectivity index (χ0n) is 12.3. The number of likely N-dealkylation sites (tertiary alicyclic amines) is 1. The lowest BCUT2D eigenvalue weighted by Gasteiger charge is -2.18. The lowest BCUT2D eigenvalue weighted by Crippen LogP contribution is -2.24. The van der Waals surface area contributed by atoms with Gasteiger partial charge in [0.15, 0.2) is 0 Å². The molecular weight excluding hydrogens is 262 g/mol. The van der Waals surface area contributed by atoms with Crippen molar-refractivity contribution in [3.05, 3.63) is 35.4 Å². The highest BCUT2D eigenvalue weighted by molar-refractivity contribution is 5.36. The number of nitrogens with zero attached hydrogens (tertiary/aromatic N) is 1. The van der Waals surface area contributed by atoms with E-state index in [9.17, 15) is 5.11 Å². The van der Waals surface area contributed by atoms with Gasteiger partial charge in [0.2, 0.25) is 0 Å². The van der Waals surface area contributed by atoms with Crippen LogP contribution in [0.25, 0.3) is 0 Å². The third-order valence-corrected chi connectivity index (χ3v) is 4.72. The summed E-state index contributed by atoms with van der Waals surface area (Å²) in [6.45, 7) is 3.24. The molecule has 1 aromatic rings. The van der Waals surface area contributed by atoms with Gasteiger partial charge in [-0.3, -0.25) is 4.90 Å². The summed E-state index contributed by atoms with van der Waals surface area (Å²) in [6, 6.07) is 8.36. The Morgan fingerprint density at radius 1 is 1.14 bits per heavy atom. The summed E-state index contributed by atoms with van der Waals surface area (Å²) in [5.74, 6) is 7.18. The maximum atomic E-state index is 9.96. The number of hydrogen-bond donors (Lipinski definition) is 2. The van der Waals surface area contributed by atoms with Crippen molar-refractivity contribution in [1.82, 2.24) is 4.90 Å². The summed E-state index contributed by atoms with van der Waals surface area (Å²) in [5, 5.41) is 18.7. The lowest BCUT2D eigenvalue weighted by atomic mass is 10.00. The van der Waals surface area contributed by atoms with Crippen LogP contribution >= 0.6 is 0 Å². The third-order valence-electron chi connectivity index (χ3n) is 4.72. The molecule has 1 aliphatic carbocycles. The van der Waals surface area contributed by atoms with Gasteiger partial charge in [0.1, 0.15) is 0 Å². The van der Waals surface area contributed by atoms with Gasteiger partial charge >= 0.3 is 0 Å². The van der Waals surface area contributed by atoms with Crippen molar-refractivity contribution < 1.29 is 10.2 Å². The van der Waals surface area contributed by atoms with Crippen LogP contribution in [0.5, 0.6) is 0 Å². The first-order valence-corrected chi connectivity index (χ1v) is 7.85. The van der Waals surface area contributed by atoms with Gasteiger partial charge in [0.05, 0.1) is 12.7 Å². The van der Waals surface area contributed by atoms with Crippen molar-refractivity contribution in [2.24, 2.45) is 11.8 Å². The molecule has 1 heterocycles. The zero-order valence-corrected chi connectivity index (χ0v) is 12.3. The highest BCUT2D eigenvalue weighted by atomic mass is 16.3. The second kappa shape index (κ2) is 6.62. The molecule has 3 rings (SSSR count). The summed E-state index contributed by atoms with van der Waals surface area (Å²) >= 11 is 0. The molecular formula is C18H23NO2. The topological polar surface area (TPSA) is 43.7 Å². The Labute approximate surface area is 126 Å². The smallest absolute Gasteiger partial charge is 0.0583 e. The predicted molar refractivity (Wildman–Crippen MR) is 82.5 cm³/mol. The van der Waals surface area contributed by atoms with Crippen LogP contribution in [0.15, 0.2) is 24.3 Å². The Kier molecular flexibility index (Phi) is 4.60. The summed E-state index contributed by atoms with van der Waals surface area (Å²) in [6.07, 6.45) is 2.62. The van der Waals surface area contributed by atoms with E-state index in [-0.39, 0.29) is 12.7 Å². The van der Waals surface area contributed by atoms with Gasteiger partial charge in [-0.05, 0) is 36.5 Å². The Hall–Kier alpha value is -1.34. The Balaban J connectivity index is 1.56. The number of rotatable bonds is 3. The number of hydrogen-bond acceptors (Lipinski definition) is 3. The van der Waals surface area contributed by atoms with Crippen molar-refractivity contribution in [3.63, 3.8) is 0 Å². The lowest BCUT2D eigenvalue weighted by molar-refractivity contribution is 0.123. The molecule has 0 spiro atoms. The van der Waals surface area contributed by atoms with Gasteiger partial charge in [-0.25, -0.2) is 0 Å². The molecule has 1 saturated heterocycles. The second-order valence-electron chi connectivity index (χ2n) is 6.24. The first-order chi connectivity index (χ1) is 10.3. The fourth-order valence-corrected chi connectivity index (χ4v) is 3.63. The molecule has 0 aromatic heterocycles. The fourth-order valence-electron chi connectivity index (χ4n) is 3.63. The van der Waals surface area contributed by atoms with Crippen LogP contribution in [0.1, 0.15) is 30.4 Å². The SMILES string of the molecule is OCCC#Cc1ccc(CN2CC3CCC(O)C3C2)cc1. The van der Waals surface area contributed by atoms with Crippen LogP contribution < -0.4 is 0 Å². The highest BCUT2D eigenvalue weighted by Crippen LogP contribution is 2.38. The van der Waals surface area contributed by atoms with Crippen molar-refractivity contribution in [2.45, 2.75) is 31.9 Å². The molecule has 1 aliphatic heterocycles. The minimum absolute atomic E-state index is 0.0795. The van der Waals surface area contributed by atoms with Gasteiger partial charge in [-0.1, -0.05) is 24.0 Å². The van der Waals surface area contributed by atoms with Gasteiger partial charge in [-0.2, -0.15) is 0 Å². The average molecular weight is 285 g/mol. The van der Waals surface area contributed by atoms with Gasteiger partial charge in [0.25, 0.3) is 0 Å². The van der Waals surface area contributed by atoms with Crippen molar-refractivity contribution in [2.75, 3.05) is 19.7 Å². The fraction of sp³-hybridized carbons (Fsp3) is 0.556.